The summed E-state index contributed by atoms with van der Waals surface area (Å²) in [4.78, 5) is 41.2. The van der Waals surface area contributed by atoms with Crippen LogP contribution in [0.15, 0.2) is 54.7 Å². The van der Waals surface area contributed by atoms with Crippen molar-refractivity contribution in [2.24, 2.45) is 5.92 Å². The number of fused-ring (bicyclic) bond motifs is 14. The van der Waals surface area contributed by atoms with Crippen LogP contribution in [0.5, 0.6) is 5.75 Å². The Morgan fingerprint density at radius 2 is 1.93 bits per heavy atom. The maximum atomic E-state index is 13.3. The SMILES string of the molecule is CC(C)CC(=O)N1CCCNC(=O)[C@H](Cc2ccccc2)NC(=O)c2ccc(c(Cl)c2)OCCCn2cc(nn2)C1. The minimum Gasteiger partial charge on any atom is -0.492 e. The van der Waals surface area contributed by atoms with Crippen LogP contribution in [0.25, 0.3) is 0 Å². The number of rotatable bonds is 4. The Balaban J connectivity index is 1.54. The van der Waals surface area contributed by atoms with Gasteiger partial charge in [-0.2, -0.15) is 0 Å². The number of benzene rings is 2. The highest BCUT2D eigenvalue weighted by Gasteiger charge is 2.23. The zero-order valence-electron chi connectivity index (χ0n) is 23.5. The van der Waals surface area contributed by atoms with Crippen LogP contribution in [0.4, 0.5) is 0 Å². The number of nitrogens with zero attached hydrogens (tertiary/aromatic N) is 4. The molecule has 1 atom stereocenters. The van der Waals surface area contributed by atoms with Gasteiger partial charge in [0.15, 0.2) is 0 Å². The lowest BCUT2D eigenvalue weighted by Gasteiger charge is -2.23. The summed E-state index contributed by atoms with van der Waals surface area (Å²) in [6.45, 7) is 6.12. The third kappa shape index (κ3) is 9.04. The molecule has 3 aromatic rings. The Morgan fingerprint density at radius 1 is 1.12 bits per heavy atom. The molecule has 4 bridgehead atoms. The number of amides is 3. The van der Waals surface area contributed by atoms with Crippen LogP contribution >= 0.6 is 11.6 Å². The number of halogens is 1. The number of ether oxygens (including phenoxy) is 1. The highest BCUT2D eigenvalue weighted by atomic mass is 35.5. The maximum Gasteiger partial charge on any atom is 0.251 e. The second kappa shape index (κ2) is 14.6. The molecule has 10 nitrogen and oxygen atoms in total. The number of hydrogen-bond donors (Lipinski definition) is 2. The molecule has 0 spiro atoms. The molecule has 11 heteroatoms. The Kier molecular flexibility index (Phi) is 10.7. The molecule has 0 fully saturated rings. The molecule has 0 radical (unpaired) electrons. The summed E-state index contributed by atoms with van der Waals surface area (Å²) >= 11 is 6.42. The van der Waals surface area contributed by atoms with Crippen molar-refractivity contribution >= 4 is 29.3 Å². The molecule has 218 valence electrons. The molecule has 0 unspecified atom stereocenters. The molecule has 3 amide bonds. The number of aryl methyl sites for hydroxylation is 1. The van der Waals surface area contributed by atoms with Crippen molar-refractivity contribution < 1.29 is 19.1 Å². The smallest absolute Gasteiger partial charge is 0.251 e. The van der Waals surface area contributed by atoms with E-state index in [4.69, 9.17) is 16.3 Å². The summed E-state index contributed by atoms with van der Waals surface area (Å²) in [7, 11) is 0. The van der Waals surface area contributed by atoms with E-state index in [9.17, 15) is 14.4 Å². The van der Waals surface area contributed by atoms with Gasteiger partial charge in [0.25, 0.3) is 5.91 Å². The van der Waals surface area contributed by atoms with Gasteiger partial charge >= 0.3 is 0 Å². The second-order valence-corrected chi connectivity index (χ2v) is 11.0. The number of aromatic nitrogens is 3. The summed E-state index contributed by atoms with van der Waals surface area (Å²) in [6, 6.07) is 13.5. The number of hydrogen-bond acceptors (Lipinski definition) is 6. The molecule has 0 aliphatic carbocycles. The lowest BCUT2D eigenvalue weighted by atomic mass is 10.0. The van der Waals surface area contributed by atoms with Crippen LogP contribution in [0.1, 0.15) is 54.7 Å². The van der Waals surface area contributed by atoms with Crippen molar-refractivity contribution in [2.75, 3.05) is 19.7 Å². The van der Waals surface area contributed by atoms with Gasteiger partial charge < -0.3 is 20.3 Å². The molecule has 41 heavy (non-hydrogen) atoms. The van der Waals surface area contributed by atoms with Crippen molar-refractivity contribution in [1.82, 2.24) is 30.5 Å². The monoisotopic (exact) mass is 580 g/mol. The van der Waals surface area contributed by atoms with Gasteiger partial charge in [-0.15, -0.1) is 5.10 Å². The van der Waals surface area contributed by atoms with Gasteiger partial charge in [0.2, 0.25) is 11.8 Å². The molecule has 2 aliphatic heterocycles. The van der Waals surface area contributed by atoms with E-state index in [-0.39, 0.29) is 17.7 Å². The van der Waals surface area contributed by atoms with Crippen molar-refractivity contribution in [3.8, 4) is 5.75 Å². The van der Waals surface area contributed by atoms with E-state index in [0.29, 0.717) is 80.5 Å². The fourth-order valence-electron chi connectivity index (χ4n) is 4.56. The first-order valence-corrected chi connectivity index (χ1v) is 14.4. The standard InChI is InChI=1S/C30H37ClN6O4/c1-21(2)16-28(38)36-13-6-12-32-30(40)26(17-22-8-4-3-5-9-22)33-29(39)23-10-11-27(25(31)18-23)41-15-7-14-37-20-24(19-36)34-35-37/h3-5,8-11,18,20-21,26H,6-7,12-17,19H2,1-2H3,(H,32,40)(H,33,39)/t26-/m0/s1. The predicted octanol–water partition coefficient (Wildman–Crippen LogP) is 3.64. The van der Waals surface area contributed by atoms with Crippen LogP contribution in [-0.2, 0) is 29.1 Å². The molecule has 2 aromatic carbocycles. The maximum absolute atomic E-state index is 13.3. The highest BCUT2D eigenvalue weighted by Crippen LogP contribution is 2.26. The molecular weight excluding hydrogens is 544 g/mol. The van der Waals surface area contributed by atoms with E-state index >= 15 is 0 Å². The zero-order chi connectivity index (χ0) is 29.2. The van der Waals surface area contributed by atoms with E-state index < -0.39 is 11.9 Å². The summed E-state index contributed by atoms with van der Waals surface area (Å²) in [5.74, 6) is -0.00163. The Bertz CT molecular complexity index is 1330. The third-order valence-corrected chi connectivity index (χ3v) is 6.96. The van der Waals surface area contributed by atoms with Gasteiger partial charge in [-0.05, 0) is 36.1 Å². The van der Waals surface area contributed by atoms with Gasteiger partial charge in [-0.25, -0.2) is 0 Å². The predicted molar refractivity (Wildman–Crippen MR) is 155 cm³/mol. The van der Waals surface area contributed by atoms with Gasteiger partial charge in [-0.1, -0.05) is 61.0 Å². The molecule has 1 aromatic heterocycles. The Labute approximate surface area is 245 Å². The summed E-state index contributed by atoms with van der Waals surface area (Å²) in [6.07, 6.45) is 3.79. The van der Waals surface area contributed by atoms with Crippen molar-refractivity contribution in [2.45, 2.75) is 58.7 Å². The molecular formula is C30H37ClN6O4. The van der Waals surface area contributed by atoms with Crippen LogP contribution in [-0.4, -0.2) is 63.4 Å². The third-order valence-electron chi connectivity index (χ3n) is 6.67. The first kappa shape index (κ1) is 30.0. The lowest BCUT2D eigenvalue weighted by Crippen LogP contribution is -2.48. The summed E-state index contributed by atoms with van der Waals surface area (Å²) in [5, 5.41) is 14.6. The minimum absolute atomic E-state index is 0.0308. The van der Waals surface area contributed by atoms with Crippen molar-refractivity contribution in [3.63, 3.8) is 0 Å². The Hall–Kier alpha value is -3.92. The molecule has 0 saturated carbocycles. The minimum atomic E-state index is -0.803. The van der Waals surface area contributed by atoms with Crippen LogP contribution in [0, 0.1) is 5.92 Å². The van der Waals surface area contributed by atoms with Gasteiger partial charge in [0.05, 0.1) is 24.4 Å². The Morgan fingerprint density at radius 3 is 2.68 bits per heavy atom. The van der Waals surface area contributed by atoms with E-state index in [1.807, 2.05) is 50.4 Å². The average molecular weight is 581 g/mol. The first-order chi connectivity index (χ1) is 19.8. The van der Waals surface area contributed by atoms with Crippen LogP contribution in [0.2, 0.25) is 5.02 Å². The van der Waals surface area contributed by atoms with Gasteiger partial charge in [-0.3, -0.25) is 19.1 Å². The van der Waals surface area contributed by atoms with Crippen molar-refractivity contribution in [1.29, 1.82) is 0 Å². The molecule has 3 heterocycles. The average Bonchev–Trinajstić information content (AvgIpc) is 3.39. The number of carbonyl (C=O) groups is 3. The van der Waals surface area contributed by atoms with E-state index in [1.54, 1.807) is 27.8 Å². The van der Waals surface area contributed by atoms with Crippen LogP contribution in [0.3, 0.4) is 0 Å². The van der Waals surface area contributed by atoms with Gasteiger partial charge in [0.1, 0.15) is 17.5 Å². The lowest BCUT2D eigenvalue weighted by molar-refractivity contribution is -0.132. The molecule has 2 N–H and O–H groups in total. The van der Waals surface area contributed by atoms with E-state index in [0.717, 1.165) is 5.56 Å². The second-order valence-electron chi connectivity index (χ2n) is 10.6. The first-order valence-electron chi connectivity index (χ1n) is 14.0. The highest BCUT2D eigenvalue weighted by molar-refractivity contribution is 6.32. The quantitative estimate of drug-likeness (QED) is 0.486. The molecule has 2 aliphatic rings. The molecule has 0 saturated heterocycles. The summed E-state index contributed by atoms with van der Waals surface area (Å²) < 4.78 is 7.56. The normalized spacial score (nSPS) is 17.4. The molecule has 5 rings (SSSR count). The van der Waals surface area contributed by atoms with Crippen LogP contribution < -0.4 is 15.4 Å². The number of carbonyl (C=O) groups excluding carboxylic acids is 3. The van der Waals surface area contributed by atoms with Crippen molar-refractivity contribution in [3.05, 3.63) is 76.6 Å². The fraction of sp³-hybridized carbons (Fsp3) is 0.433. The van der Waals surface area contributed by atoms with E-state index in [1.165, 1.54) is 0 Å². The summed E-state index contributed by atoms with van der Waals surface area (Å²) in [5.41, 5.74) is 1.94. The fourth-order valence-corrected chi connectivity index (χ4v) is 4.79. The zero-order valence-corrected chi connectivity index (χ0v) is 24.3. The van der Waals surface area contributed by atoms with Gasteiger partial charge in [0, 0.05) is 44.5 Å². The largest absolute Gasteiger partial charge is 0.492 e. The van der Waals surface area contributed by atoms with E-state index in [2.05, 4.69) is 20.9 Å². The topological polar surface area (TPSA) is 118 Å². The number of nitrogens with one attached hydrogen (secondary N) is 2.